The number of hydrogen-bond acceptors (Lipinski definition) is 3. The molecule has 1 rings (SSSR count). The van der Waals surface area contributed by atoms with Crippen LogP contribution in [0.15, 0.2) is 12.3 Å². The lowest BCUT2D eigenvalue weighted by atomic mass is 10.3. The quantitative estimate of drug-likeness (QED) is 0.696. The number of nitrogens with zero attached hydrogens (tertiary/aromatic N) is 1. The van der Waals surface area contributed by atoms with Gasteiger partial charge in [-0.05, 0) is 18.6 Å². The van der Waals surface area contributed by atoms with Gasteiger partial charge in [-0.3, -0.25) is 0 Å². The first-order valence-electron chi connectivity index (χ1n) is 3.46. The molecule has 1 heterocycles. The van der Waals surface area contributed by atoms with Crippen LogP contribution in [0.25, 0.3) is 0 Å². The van der Waals surface area contributed by atoms with E-state index in [4.69, 9.17) is 4.74 Å². The fraction of sp³-hybridized carbons (Fsp3) is 0.375. The summed E-state index contributed by atoms with van der Waals surface area (Å²) in [5.41, 5.74) is 2.04. The molecule has 0 aliphatic carbocycles. The second kappa shape index (κ2) is 3.23. The Balaban J connectivity index is 3.06. The number of ether oxygens (including phenoxy) is 1. The summed E-state index contributed by atoms with van der Waals surface area (Å²) in [6.45, 7) is 1.99. The number of methoxy groups -OCH3 is 1. The first-order valence-corrected chi connectivity index (χ1v) is 3.46. The van der Waals surface area contributed by atoms with Crippen molar-refractivity contribution in [2.75, 3.05) is 19.5 Å². The van der Waals surface area contributed by atoms with Gasteiger partial charge < -0.3 is 10.1 Å². The molecule has 0 saturated carbocycles. The highest BCUT2D eigenvalue weighted by Crippen LogP contribution is 2.20. The summed E-state index contributed by atoms with van der Waals surface area (Å²) >= 11 is 0. The number of aryl methyl sites for hydroxylation is 1. The van der Waals surface area contributed by atoms with Crippen LogP contribution in [0.5, 0.6) is 5.88 Å². The number of hydrogen-bond donors (Lipinski definition) is 1. The van der Waals surface area contributed by atoms with Gasteiger partial charge in [0.05, 0.1) is 12.8 Å². The first kappa shape index (κ1) is 7.85. The molecule has 0 aliphatic rings. The van der Waals surface area contributed by atoms with Crippen molar-refractivity contribution in [2.24, 2.45) is 0 Å². The molecule has 0 atom stereocenters. The Morgan fingerprint density at radius 1 is 1.55 bits per heavy atom. The van der Waals surface area contributed by atoms with Gasteiger partial charge in [0.15, 0.2) is 0 Å². The van der Waals surface area contributed by atoms with Gasteiger partial charge >= 0.3 is 0 Å². The Morgan fingerprint density at radius 3 is 2.82 bits per heavy atom. The number of anilines is 1. The predicted molar refractivity (Wildman–Crippen MR) is 45.1 cm³/mol. The molecule has 11 heavy (non-hydrogen) atoms. The minimum absolute atomic E-state index is 0.637. The third-order valence-electron chi connectivity index (χ3n) is 1.45. The normalized spacial score (nSPS) is 9.36. The summed E-state index contributed by atoms with van der Waals surface area (Å²) in [7, 11) is 3.46. The monoisotopic (exact) mass is 152 g/mol. The Morgan fingerprint density at radius 2 is 2.27 bits per heavy atom. The highest BCUT2D eigenvalue weighted by molar-refractivity contribution is 5.53. The molecule has 0 radical (unpaired) electrons. The van der Waals surface area contributed by atoms with Gasteiger partial charge in [-0.2, -0.15) is 0 Å². The second-order valence-corrected chi connectivity index (χ2v) is 2.32. The summed E-state index contributed by atoms with van der Waals surface area (Å²) < 4.78 is 5.02. The van der Waals surface area contributed by atoms with Gasteiger partial charge in [0.25, 0.3) is 0 Å². The Labute approximate surface area is 66.4 Å². The largest absolute Gasteiger partial charge is 0.480 e. The third-order valence-corrected chi connectivity index (χ3v) is 1.45. The predicted octanol–water partition coefficient (Wildman–Crippen LogP) is 1.44. The van der Waals surface area contributed by atoms with Crippen molar-refractivity contribution in [3.05, 3.63) is 17.8 Å². The molecule has 0 amide bonds. The zero-order valence-corrected chi connectivity index (χ0v) is 7.01. The van der Waals surface area contributed by atoms with Gasteiger partial charge in [0.2, 0.25) is 5.88 Å². The molecule has 3 nitrogen and oxygen atoms in total. The summed E-state index contributed by atoms with van der Waals surface area (Å²) in [4.78, 5) is 4.08. The van der Waals surface area contributed by atoms with E-state index in [2.05, 4.69) is 10.3 Å². The molecular weight excluding hydrogens is 140 g/mol. The smallest absolute Gasteiger partial charge is 0.237 e. The highest BCUT2D eigenvalue weighted by Gasteiger charge is 2.00. The minimum Gasteiger partial charge on any atom is -0.480 e. The Kier molecular flexibility index (Phi) is 2.31. The van der Waals surface area contributed by atoms with E-state index in [1.165, 1.54) is 0 Å². The molecule has 0 unspecified atom stereocenters. The lowest BCUT2D eigenvalue weighted by Gasteiger charge is -2.06. The SMILES string of the molecule is CNc1cc(C)cnc1OC. The average molecular weight is 152 g/mol. The molecule has 0 saturated heterocycles. The van der Waals surface area contributed by atoms with Crippen LogP contribution in [0.2, 0.25) is 0 Å². The summed E-state index contributed by atoms with van der Waals surface area (Å²) in [5.74, 6) is 0.637. The van der Waals surface area contributed by atoms with E-state index in [1.807, 2.05) is 20.0 Å². The molecule has 60 valence electrons. The van der Waals surface area contributed by atoms with Crippen molar-refractivity contribution in [1.29, 1.82) is 0 Å². The lowest BCUT2D eigenvalue weighted by Crippen LogP contribution is -1.96. The summed E-state index contributed by atoms with van der Waals surface area (Å²) in [6, 6.07) is 1.99. The van der Waals surface area contributed by atoms with Crippen molar-refractivity contribution < 1.29 is 4.74 Å². The van der Waals surface area contributed by atoms with Crippen LogP contribution in [-0.2, 0) is 0 Å². The van der Waals surface area contributed by atoms with E-state index in [0.29, 0.717) is 5.88 Å². The van der Waals surface area contributed by atoms with E-state index in [0.717, 1.165) is 11.3 Å². The van der Waals surface area contributed by atoms with Crippen LogP contribution >= 0.6 is 0 Å². The minimum atomic E-state index is 0.637. The van der Waals surface area contributed by atoms with Gasteiger partial charge in [0.1, 0.15) is 0 Å². The zero-order valence-electron chi connectivity index (χ0n) is 7.01. The maximum Gasteiger partial charge on any atom is 0.237 e. The van der Waals surface area contributed by atoms with E-state index < -0.39 is 0 Å². The van der Waals surface area contributed by atoms with Crippen LogP contribution in [0.3, 0.4) is 0 Å². The van der Waals surface area contributed by atoms with E-state index in [9.17, 15) is 0 Å². The van der Waals surface area contributed by atoms with Crippen LogP contribution in [0.1, 0.15) is 5.56 Å². The van der Waals surface area contributed by atoms with Crippen molar-refractivity contribution >= 4 is 5.69 Å². The maximum atomic E-state index is 5.02. The van der Waals surface area contributed by atoms with E-state index in [1.54, 1.807) is 13.3 Å². The van der Waals surface area contributed by atoms with Crippen molar-refractivity contribution in [3.8, 4) is 5.88 Å². The van der Waals surface area contributed by atoms with E-state index >= 15 is 0 Å². The molecule has 0 bridgehead atoms. The third kappa shape index (κ3) is 1.61. The van der Waals surface area contributed by atoms with Gasteiger partial charge in [0, 0.05) is 13.2 Å². The Bertz CT molecular complexity index is 248. The van der Waals surface area contributed by atoms with Crippen LogP contribution < -0.4 is 10.1 Å². The second-order valence-electron chi connectivity index (χ2n) is 2.32. The van der Waals surface area contributed by atoms with Crippen LogP contribution in [0.4, 0.5) is 5.69 Å². The van der Waals surface area contributed by atoms with Gasteiger partial charge in [-0.25, -0.2) is 4.98 Å². The average Bonchev–Trinajstić information content (AvgIpc) is 2.04. The van der Waals surface area contributed by atoms with Crippen molar-refractivity contribution in [3.63, 3.8) is 0 Å². The summed E-state index contributed by atoms with van der Waals surface area (Å²) in [6.07, 6.45) is 1.78. The molecule has 0 aromatic carbocycles. The standard InChI is InChI=1S/C8H12N2O/c1-6-4-7(9-2)8(11-3)10-5-6/h4-5,9H,1-3H3. The molecular formula is C8H12N2O. The first-order chi connectivity index (χ1) is 5.27. The molecule has 1 N–H and O–H groups in total. The van der Waals surface area contributed by atoms with Gasteiger partial charge in [-0.1, -0.05) is 0 Å². The number of rotatable bonds is 2. The number of nitrogens with one attached hydrogen (secondary N) is 1. The topological polar surface area (TPSA) is 34.2 Å². The van der Waals surface area contributed by atoms with E-state index in [-0.39, 0.29) is 0 Å². The molecule has 0 aliphatic heterocycles. The molecule has 0 fully saturated rings. The van der Waals surface area contributed by atoms with Gasteiger partial charge in [-0.15, -0.1) is 0 Å². The zero-order chi connectivity index (χ0) is 8.27. The molecule has 1 aromatic heterocycles. The highest BCUT2D eigenvalue weighted by atomic mass is 16.5. The fourth-order valence-corrected chi connectivity index (χ4v) is 0.898. The van der Waals surface area contributed by atoms with Crippen LogP contribution in [0, 0.1) is 6.92 Å². The van der Waals surface area contributed by atoms with Crippen LogP contribution in [-0.4, -0.2) is 19.1 Å². The molecule has 1 aromatic rings. The Hall–Kier alpha value is -1.25. The number of aromatic nitrogens is 1. The number of pyridine rings is 1. The lowest BCUT2D eigenvalue weighted by molar-refractivity contribution is 0.400. The summed E-state index contributed by atoms with van der Waals surface area (Å²) in [5, 5.41) is 3.00. The maximum absolute atomic E-state index is 5.02. The fourth-order valence-electron chi connectivity index (χ4n) is 0.898. The molecule has 0 spiro atoms. The van der Waals surface area contributed by atoms with Crippen molar-refractivity contribution in [1.82, 2.24) is 4.98 Å². The van der Waals surface area contributed by atoms with Crippen molar-refractivity contribution in [2.45, 2.75) is 6.92 Å². The molecule has 3 heteroatoms.